The number of aliphatic imine (C=N–C) groups is 2. The first-order chi connectivity index (χ1) is 15.7. The molecule has 0 N–H and O–H groups in total. The van der Waals surface area contributed by atoms with Gasteiger partial charge in [0.2, 0.25) is 0 Å². The van der Waals surface area contributed by atoms with Gasteiger partial charge in [-0.2, -0.15) is 0 Å². The molecule has 0 saturated carbocycles. The monoisotopic (exact) mass is 432 g/mol. The zero-order chi connectivity index (χ0) is 23.0. The summed E-state index contributed by atoms with van der Waals surface area (Å²) in [6.45, 7) is 9.05. The van der Waals surface area contributed by atoms with E-state index in [4.69, 9.17) is 9.98 Å². The van der Waals surface area contributed by atoms with Crippen LogP contribution in [-0.2, 0) is 12.8 Å². The van der Waals surface area contributed by atoms with Crippen LogP contribution in [-0.4, -0.2) is 11.4 Å². The van der Waals surface area contributed by atoms with Crippen LogP contribution in [0.5, 0.6) is 0 Å². The van der Waals surface area contributed by atoms with Crippen LogP contribution < -0.4 is 0 Å². The zero-order valence-corrected chi connectivity index (χ0v) is 21.0. The van der Waals surface area contributed by atoms with E-state index in [0.29, 0.717) is 0 Å². The van der Waals surface area contributed by atoms with E-state index in [1.165, 1.54) is 67.5 Å². The van der Waals surface area contributed by atoms with Crippen molar-refractivity contribution in [2.75, 3.05) is 0 Å². The van der Waals surface area contributed by atoms with Crippen LogP contribution >= 0.6 is 0 Å². The Hall–Kier alpha value is -2.22. The third kappa shape index (κ3) is 9.10. The second kappa shape index (κ2) is 15.6. The fraction of sp³-hybridized carbons (Fsp3) is 0.533. The van der Waals surface area contributed by atoms with Gasteiger partial charge in [0.1, 0.15) is 0 Å². The fourth-order valence-corrected chi connectivity index (χ4v) is 4.10. The van der Waals surface area contributed by atoms with E-state index in [1.54, 1.807) is 0 Å². The Morgan fingerprint density at radius 3 is 1.84 bits per heavy atom. The van der Waals surface area contributed by atoms with Crippen molar-refractivity contribution in [1.29, 1.82) is 0 Å². The summed E-state index contributed by atoms with van der Waals surface area (Å²) in [6, 6.07) is 17.2. The zero-order valence-electron chi connectivity index (χ0n) is 21.0. The molecule has 0 aromatic heterocycles. The molecule has 2 rings (SSSR count). The van der Waals surface area contributed by atoms with Gasteiger partial charge in [0.25, 0.3) is 0 Å². The van der Waals surface area contributed by atoms with Crippen molar-refractivity contribution in [2.24, 2.45) is 9.98 Å². The molecule has 2 aromatic rings. The highest BCUT2D eigenvalue weighted by Gasteiger charge is 2.11. The number of hydrogen-bond donors (Lipinski definition) is 0. The van der Waals surface area contributed by atoms with Gasteiger partial charge in [0.15, 0.2) is 0 Å². The van der Waals surface area contributed by atoms with E-state index < -0.39 is 0 Å². The Morgan fingerprint density at radius 1 is 0.562 bits per heavy atom. The van der Waals surface area contributed by atoms with Gasteiger partial charge in [-0.05, 0) is 73.9 Å². The molecular weight excluding hydrogens is 388 g/mol. The maximum absolute atomic E-state index is 5.24. The second-order valence-electron chi connectivity index (χ2n) is 8.82. The van der Waals surface area contributed by atoms with E-state index in [1.807, 2.05) is 0 Å². The number of para-hydroxylation sites is 1. The summed E-state index contributed by atoms with van der Waals surface area (Å²) in [5.74, 6) is 0. The number of hydrogen-bond acceptors (Lipinski definition) is 2. The molecule has 2 heteroatoms. The number of nitrogens with zero attached hydrogens (tertiary/aromatic N) is 2. The molecule has 0 atom stereocenters. The summed E-state index contributed by atoms with van der Waals surface area (Å²) in [4.78, 5) is 10.3. The Balaban J connectivity index is 2.43. The molecule has 0 heterocycles. The van der Waals surface area contributed by atoms with Crippen LogP contribution in [0.1, 0.15) is 103 Å². The second-order valence-corrected chi connectivity index (χ2v) is 8.82. The Morgan fingerprint density at radius 2 is 1.19 bits per heavy atom. The normalized spacial score (nSPS) is 12.4. The van der Waals surface area contributed by atoms with Gasteiger partial charge in [-0.25, -0.2) is 0 Å². The lowest BCUT2D eigenvalue weighted by atomic mass is 9.98. The van der Waals surface area contributed by atoms with E-state index in [2.05, 4.69) is 76.2 Å². The maximum atomic E-state index is 5.24. The summed E-state index contributed by atoms with van der Waals surface area (Å²) < 4.78 is 0. The molecule has 0 fully saturated rings. The lowest BCUT2D eigenvalue weighted by Crippen LogP contribution is -2.14. The fourth-order valence-electron chi connectivity index (χ4n) is 4.10. The Kier molecular flexibility index (Phi) is 12.7. The summed E-state index contributed by atoms with van der Waals surface area (Å²) >= 11 is 0. The van der Waals surface area contributed by atoms with Gasteiger partial charge in [-0.3, -0.25) is 9.98 Å². The minimum atomic E-state index is 0.994. The van der Waals surface area contributed by atoms with E-state index >= 15 is 0 Å². The van der Waals surface area contributed by atoms with Crippen molar-refractivity contribution in [3.63, 3.8) is 0 Å². The van der Waals surface area contributed by atoms with E-state index in [0.717, 1.165) is 43.5 Å². The minimum Gasteiger partial charge on any atom is -0.252 e. The molecule has 2 aromatic carbocycles. The largest absolute Gasteiger partial charge is 0.252 e. The number of rotatable bonds is 15. The predicted octanol–water partition coefficient (Wildman–Crippen LogP) is 9.60. The molecule has 174 valence electrons. The molecule has 0 aliphatic rings. The summed E-state index contributed by atoms with van der Waals surface area (Å²) in [7, 11) is 0. The first-order valence-corrected chi connectivity index (χ1v) is 13.0. The van der Waals surface area contributed by atoms with E-state index in [-0.39, 0.29) is 0 Å². The third-order valence-corrected chi connectivity index (χ3v) is 5.88. The third-order valence-electron chi connectivity index (χ3n) is 5.88. The lowest BCUT2D eigenvalue weighted by molar-refractivity contribution is 0.683. The van der Waals surface area contributed by atoms with E-state index in [9.17, 15) is 0 Å². The van der Waals surface area contributed by atoms with Crippen LogP contribution in [0.2, 0.25) is 0 Å². The minimum absolute atomic E-state index is 0.994. The highest BCUT2D eigenvalue weighted by atomic mass is 14.8. The molecule has 0 aliphatic heterocycles. The van der Waals surface area contributed by atoms with Gasteiger partial charge < -0.3 is 0 Å². The number of benzene rings is 2. The predicted molar refractivity (Wildman–Crippen MR) is 143 cm³/mol. The molecule has 32 heavy (non-hydrogen) atoms. The number of aryl methyl sites for hydroxylation is 2. The van der Waals surface area contributed by atoms with Crippen LogP contribution in [0.25, 0.3) is 0 Å². The number of unbranched alkanes of at least 4 members (excludes halogenated alkanes) is 4. The summed E-state index contributed by atoms with van der Waals surface area (Å²) in [5, 5.41) is 0. The van der Waals surface area contributed by atoms with Crippen LogP contribution in [0.3, 0.4) is 0 Å². The van der Waals surface area contributed by atoms with Gasteiger partial charge >= 0.3 is 0 Å². The highest BCUT2D eigenvalue weighted by molar-refractivity contribution is 6.43. The molecule has 0 aliphatic carbocycles. The van der Waals surface area contributed by atoms with Crippen molar-refractivity contribution in [2.45, 2.75) is 105 Å². The van der Waals surface area contributed by atoms with Crippen molar-refractivity contribution in [3.05, 3.63) is 59.7 Å². The smallest absolute Gasteiger partial charge is 0.0636 e. The molecule has 0 unspecified atom stereocenters. The molecule has 0 bridgehead atoms. The van der Waals surface area contributed by atoms with Crippen LogP contribution in [0, 0.1) is 0 Å². The van der Waals surface area contributed by atoms with Crippen LogP contribution in [0.15, 0.2) is 58.5 Å². The van der Waals surface area contributed by atoms with Gasteiger partial charge in [-0.15, -0.1) is 0 Å². The average molecular weight is 433 g/mol. The van der Waals surface area contributed by atoms with Crippen LogP contribution in [0.4, 0.5) is 11.4 Å². The van der Waals surface area contributed by atoms with Crippen molar-refractivity contribution >= 4 is 22.8 Å². The first-order valence-electron chi connectivity index (χ1n) is 13.0. The molecular formula is C30H44N2. The molecule has 2 nitrogen and oxygen atoms in total. The van der Waals surface area contributed by atoms with Crippen molar-refractivity contribution in [1.82, 2.24) is 0 Å². The van der Waals surface area contributed by atoms with Crippen molar-refractivity contribution in [3.8, 4) is 0 Å². The molecule has 0 spiro atoms. The summed E-state index contributed by atoms with van der Waals surface area (Å²) in [6.07, 6.45) is 14.0. The standard InChI is InChI=1S/C30H44N2/c1-5-9-11-15-21-30(29(20-10-6-2)31-27-18-13-12-14-19-27)32-28-23-22-25(16-7-3)26(24-28)17-8-4/h12-14,18-19,22-24H,5-11,15-17,20-21H2,1-4H3. The Labute approximate surface area is 197 Å². The topological polar surface area (TPSA) is 24.7 Å². The highest BCUT2D eigenvalue weighted by Crippen LogP contribution is 2.24. The molecule has 0 saturated heterocycles. The SMILES string of the molecule is CCCCCCC(=Nc1ccc(CCC)c(CCC)c1)C(CCCC)=Nc1ccccc1. The van der Waals surface area contributed by atoms with Gasteiger partial charge in [0.05, 0.1) is 22.8 Å². The van der Waals surface area contributed by atoms with Gasteiger partial charge in [-0.1, -0.05) is 90.5 Å². The van der Waals surface area contributed by atoms with Gasteiger partial charge in [0, 0.05) is 0 Å². The summed E-state index contributed by atoms with van der Waals surface area (Å²) in [5.41, 5.74) is 7.44. The quantitative estimate of drug-likeness (QED) is 0.198. The first kappa shape index (κ1) is 26.0. The molecule has 0 amide bonds. The lowest BCUT2D eigenvalue weighted by Gasteiger charge is -2.13. The Bertz CT molecular complexity index is 833. The molecule has 0 radical (unpaired) electrons. The average Bonchev–Trinajstić information content (AvgIpc) is 2.81. The van der Waals surface area contributed by atoms with Crippen molar-refractivity contribution < 1.29 is 0 Å². The maximum Gasteiger partial charge on any atom is 0.0636 e.